The Morgan fingerprint density at radius 2 is 1.89 bits per heavy atom. The van der Waals surface area contributed by atoms with Crippen LogP contribution in [0, 0.1) is 12.7 Å². The molecule has 4 heteroatoms. The number of phenols is 1. The highest BCUT2D eigenvalue weighted by Crippen LogP contribution is 2.28. The zero-order chi connectivity index (χ0) is 13.1. The lowest BCUT2D eigenvalue weighted by Gasteiger charge is -2.03. The summed E-state index contributed by atoms with van der Waals surface area (Å²) >= 11 is 5.86. The quantitative estimate of drug-likeness (QED) is 0.808. The Morgan fingerprint density at radius 3 is 2.56 bits per heavy atom. The fourth-order valence-electron chi connectivity index (χ4n) is 1.53. The molecule has 2 aromatic carbocycles. The van der Waals surface area contributed by atoms with Crippen molar-refractivity contribution in [2.45, 2.75) is 6.92 Å². The molecule has 0 atom stereocenters. The van der Waals surface area contributed by atoms with Gasteiger partial charge in [0.25, 0.3) is 0 Å². The van der Waals surface area contributed by atoms with Crippen LogP contribution in [0.3, 0.4) is 0 Å². The van der Waals surface area contributed by atoms with Gasteiger partial charge in [-0.25, -0.2) is 4.39 Å². The van der Waals surface area contributed by atoms with Crippen LogP contribution in [0.25, 0.3) is 0 Å². The number of phenolic OH excluding ortho intramolecular Hbond substituents is 1. The van der Waals surface area contributed by atoms with E-state index < -0.39 is 0 Å². The molecule has 2 nitrogen and oxygen atoms in total. The van der Waals surface area contributed by atoms with Gasteiger partial charge in [0, 0.05) is 11.8 Å². The molecule has 0 heterocycles. The minimum Gasteiger partial charge on any atom is -0.506 e. The smallest absolute Gasteiger partial charge is 0.142 e. The highest BCUT2D eigenvalue weighted by atomic mass is 35.5. The van der Waals surface area contributed by atoms with Crippen molar-refractivity contribution in [3.63, 3.8) is 0 Å². The van der Waals surface area contributed by atoms with Gasteiger partial charge in [-0.2, -0.15) is 0 Å². The van der Waals surface area contributed by atoms with Crippen molar-refractivity contribution in [3.8, 4) is 5.75 Å². The Balaban J connectivity index is 2.31. The third-order valence-electron chi connectivity index (χ3n) is 2.42. The largest absolute Gasteiger partial charge is 0.506 e. The molecule has 2 aromatic rings. The summed E-state index contributed by atoms with van der Waals surface area (Å²) in [4.78, 5) is 4.15. The highest BCUT2D eigenvalue weighted by Gasteiger charge is 2.04. The summed E-state index contributed by atoms with van der Waals surface area (Å²) < 4.78 is 12.7. The Kier molecular flexibility index (Phi) is 3.63. The maximum atomic E-state index is 12.7. The standard InChI is InChI=1S/C14H11ClFNO/c1-9-6-10(14(18)13(15)7-9)8-17-12-4-2-11(16)3-5-12/h2-8,18H,1H3. The van der Waals surface area contributed by atoms with E-state index in [-0.39, 0.29) is 16.6 Å². The van der Waals surface area contributed by atoms with Crippen LogP contribution in [0.1, 0.15) is 11.1 Å². The molecule has 0 aliphatic rings. The Bertz CT molecular complexity index is 593. The maximum Gasteiger partial charge on any atom is 0.142 e. The average Bonchev–Trinajstić information content (AvgIpc) is 2.34. The van der Waals surface area contributed by atoms with Crippen molar-refractivity contribution >= 4 is 23.5 Å². The molecule has 92 valence electrons. The number of hydrogen-bond acceptors (Lipinski definition) is 2. The summed E-state index contributed by atoms with van der Waals surface area (Å²) in [6.07, 6.45) is 1.50. The summed E-state index contributed by atoms with van der Waals surface area (Å²) in [5.41, 5.74) is 2.07. The van der Waals surface area contributed by atoms with Crippen molar-refractivity contribution in [2.24, 2.45) is 4.99 Å². The van der Waals surface area contributed by atoms with Crippen LogP contribution >= 0.6 is 11.6 Å². The average molecular weight is 264 g/mol. The molecule has 0 unspecified atom stereocenters. The van der Waals surface area contributed by atoms with Crippen LogP contribution in [0.2, 0.25) is 5.02 Å². The van der Waals surface area contributed by atoms with Crippen LogP contribution < -0.4 is 0 Å². The number of nitrogens with zero attached hydrogens (tertiary/aromatic N) is 1. The predicted molar refractivity (Wildman–Crippen MR) is 71.5 cm³/mol. The van der Waals surface area contributed by atoms with E-state index in [1.807, 2.05) is 6.92 Å². The Labute approximate surface area is 109 Å². The predicted octanol–water partition coefficient (Wildman–Crippen LogP) is 4.24. The first-order valence-electron chi connectivity index (χ1n) is 5.35. The minimum absolute atomic E-state index is 0.00636. The molecule has 18 heavy (non-hydrogen) atoms. The van der Waals surface area contributed by atoms with Gasteiger partial charge in [0.15, 0.2) is 0 Å². The van der Waals surface area contributed by atoms with Crippen molar-refractivity contribution in [1.29, 1.82) is 0 Å². The van der Waals surface area contributed by atoms with E-state index in [1.165, 1.54) is 18.3 Å². The molecule has 0 saturated heterocycles. The molecular weight excluding hydrogens is 253 g/mol. The molecule has 0 bridgehead atoms. The minimum atomic E-state index is -0.310. The van der Waals surface area contributed by atoms with E-state index in [2.05, 4.69) is 4.99 Å². The van der Waals surface area contributed by atoms with E-state index in [9.17, 15) is 9.50 Å². The third kappa shape index (κ3) is 2.87. The first-order valence-corrected chi connectivity index (χ1v) is 5.73. The van der Waals surface area contributed by atoms with Crippen molar-refractivity contribution < 1.29 is 9.50 Å². The fraction of sp³-hybridized carbons (Fsp3) is 0.0714. The van der Waals surface area contributed by atoms with E-state index in [4.69, 9.17) is 11.6 Å². The van der Waals surface area contributed by atoms with Gasteiger partial charge in [0.05, 0.1) is 10.7 Å². The third-order valence-corrected chi connectivity index (χ3v) is 2.70. The Hall–Kier alpha value is -1.87. The van der Waals surface area contributed by atoms with E-state index in [1.54, 1.807) is 24.3 Å². The summed E-state index contributed by atoms with van der Waals surface area (Å²) in [5, 5.41) is 10.0. The maximum absolute atomic E-state index is 12.7. The normalized spacial score (nSPS) is 11.1. The monoisotopic (exact) mass is 263 g/mol. The lowest BCUT2D eigenvalue weighted by Crippen LogP contribution is -1.85. The number of benzene rings is 2. The van der Waals surface area contributed by atoms with Gasteiger partial charge < -0.3 is 5.11 Å². The lowest BCUT2D eigenvalue weighted by atomic mass is 10.1. The van der Waals surface area contributed by atoms with Crippen LogP contribution in [0.5, 0.6) is 5.75 Å². The topological polar surface area (TPSA) is 32.6 Å². The SMILES string of the molecule is Cc1cc(Cl)c(O)c(C=Nc2ccc(F)cc2)c1. The van der Waals surface area contributed by atoms with Crippen molar-refractivity contribution in [3.05, 3.63) is 58.4 Å². The van der Waals surface area contributed by atoms with E-state index in [0.717, 1.165) is 5.56 Å². The molecule has 0 aliphatic carbocycles. The lowest BCUT2D eigenvalue weighted by molar-refractivity contribution is 0.474. The van der Waals surface area contributed by atoms with Gasteiger partial charge in [0.1, 0.15) is 11.6 Å². The fourth-order valence-corrected chi connectivity index (χ4v) is 1.81. The molecule has 0 aliphatic heterocycles. The van der Waals surface area contributed by atoms with Crippen LogP contribution in [-0.2, 0) is 0 Å². The van der Waals surface area contributed by atoms with Crippen LogP contribution in [0.4, 0.5) is 10.1 Å². The molecule has 2 rings (SSSR count). The van der Waals surface area contributed by atoms with E-state index >= 15 is 0 Å². The molecule has 0 aromatic heterocycles. The number of aromatic hydroxyl groups is 1. The van der Waals surface area contributed by atoms with Gasteiger partial charge in [0.2, 0.25) is 0 Å². The van der Waals surface area contributed by atoms with Crippen LogP contribution in [0.15, 0.2) is 41.4 Å². The highest BCUT2D eigenvalue weighted by molar-refractivity contribution is 6.32. The summed E-state index contributed by atoms with van der Waals surface area (Å²) in [6, 6.07) is 9.21. The number of halogens is 2. The molecule has 0 saturated carbocycles. The zero-order valence-electron chi connectivity index (χ0n) is 9.69. The molecule has 0 fully saturated rings. The number of aliphatic imine (C=N–C) groups is 1. The van der Waals surface area contributed by atoms with Gasteiger partial charge in [-0.05, 0) is 48.9 Å². The molecule has 1 N–H and O–H groups in total. The van der Waals surface area contributed by atoms with Gasteiger partial charge in [-0.15, -0.1) is 0 Å². The first-order chi connectivity index (χ1) is 8.56. The van der Waals surface area contributed by atoms with Crippen molar-refractivity contribution in [1.82, 2.24) is 0 Å². The summed E-state index contributed by atoms with van der Waals surface area (Å²) in [6.45, 7) is 1.88. The number of hydrogen-bond donors (Lipinski definition) is 1. The molecular formula is C14H11ClFNO. The van der Waals surface area contributed by atoms with Crippen LogP contribution in [-0.4, -0.2) is 11.3 Å². The van der Waals surface area contributed by atoms with Gasteiger partial charge in [-0.1, -0.05) is 11.6 Å². The second-order valence-corrected chi connectivity index (χ2v) is 4.33. The summed E-state index contributed by atoms with van der Waals surface area (Å²) in [5.74, 6) is -0.316. The first kappa shape index (κ1) is 12.6. The molecule has 0 radical (unpaired) electrons. The van der Waals surface area contributed by atoms with Gasteiger partial charge >= 0.3 is 0 Å². The zero-order valence-corrected chi connectivity index (χ0v) is 10.4. The molecule has 0 amide bonds. The second kappa shape index (κ2) is 5.19. The number of aryl methyl sites for hydroxylation is 1. The van der Waals surface area contributed by atoms with Crippen molar-refractivity contribution in [2.75, 3.05) is 0 Å². The number of rotatable bonds is 2. The second-order valence-electron chi connectivity index (χ2n) is 3.92. The van der Waals surface area contributed by atoms with E-state index in [0.29, 0.717) is 11.3 Å². The summed E-state index contributed by atoms with van der Waals surface area (Å²) in [7, 11) is 0. The molecule has 0 spiro atoms. The Morgan fingerprint density at radius 1 is 1.22 bits per heavy atom. The van der Waals surface area contributed by atoms with Gasteiger partial charge in [-0.3, -0.25) is 4.99 Å².